The Bertz CT molecular complexity index is 531. The standard InChI is InChI=1S/C12H12FN3O/c1-12(2,6-14)16-8-3-7-5-15-11(17)10(7)9(13)4-8/h3-4,16H,5H2,1-2H3,(H,15,17). The summed E-state index contributed by atoms with van der Waals surface area (Å²) in [6, 6.07) is 5.00. The normalized spacial score (nSPS) is 13.9. The molecule has 2 N–H and O–H groups in total. The molecule has 0 aliphatic carbocycles. The molecule has 0 saturated carbocycles. The molecule has 88 valence electrons. The number of nitriles is 1. The van der Waals surface area contributed by atoms with Crippen LogP contribution in [0, 0.1) is 17.1 Å². The average Bonchev–Trinajstić information content (AvgIpc) is 2.60. The van der Waals surface area contributed by atoms with Crippen LogP contribution in [0.25, 0.3) is 0 Å². The molecule has 1 aromatic rings. The van der Waals surface area contributed by atoms with Crippen molar-refractivity contribution < 1.29 is 9.18 Å². The van der Waals surface area contributed by atoms with E-state index in [0.29, 0.717) is 17.8 Å². The molecule has 1 heterocycles. The smallest absolute Gasteiger partial charge is 0.254 e. The molecule has 0 radical (unpaired) electrons. The second kappa shape index (κ2) is 3.74. The molecule has 1 amide bonds. The number of anilines is 1. The van der Waals surface area contributed by atoms with Crippen molar-refractivity contribution in [2.24, 2.45) is 0 Å². The van der Waals surface area contributed by atoms with Gasteiger partial charge in [0, 0.05) is 12.2 Å². The predicted molar refractivity (Wildman–Crippen MR) is 60.9 cm³/mol. The van der Waals surface area contributed by atoms with Gasteiger partial charge in [-0.15, -0.1) is 0 Å². The zero-order valence-corrected chi connectivity index (χ0v) is 9.60. The van der Waals surface area contributed by atoms with Crippen molar-refractivity contribution in [3.63, 3.8) is 0 Å². The summed E-state index contributed by atoms with van der Waals surface area (Å²) in [4.78, 5) is 11.3. The van der Waals surface area contributed by atoms with Gasteiger partial charge < -0.3 is 10.6 Å². The Morgan fingerprint density at radius 2 is 2.24 bits per heavy atom. The summed E-state index contributed by atoms with van der Waals surface area (Å²) >= 11 is 0. The van der Waals surface area contributed by atoms with Crippen molar-refractivity contribution in [3.05, 3.63) is 29.1 Å². The van der Waals surface area contributed by atoms with E-state index in [1.54, 1.807) is 19.9 Å². The van der Waals surface area contributed by atoms with Crippen LogP contribution in [-0.4, -0.2) is 11.4 Å². The van der Waals surface area contributed by atoms with E-state index < -0.39 is 11.4 Å². The molecule has 0 bridgehead atoms. The van der Waals surface area contributed by atoms with Gasteiger partial charge in [0.15, 0.2) is 0 Å². The first-order valence-corrected chi connectivity index (χ1v) is 5.23. The van der Waals surface area contributed by atoms with E-state index in [2.05, 4.69) is 16.7 Å². The van der Waals surface area contributed by atoms with Crippen LogP contribution in [0.15, 0.2) is 12.1 Å². The van der Waals surface area contributed by atoms with Crippen molar-refractivity contribution in [3.8, 4) is 6.07 Å². The van der Waals surface area contributed by atoms with Gasteiger partial charge >= 0.3 is 0 Å². The van der Waals surface area contributed by atoms with Gasteiger partial charge in [0.2, 0.25) is 0 Å². The molecular weight excluding hydrogens is 221 g/mol. The summed E-state index contributed by atoms with van der Waals surface area (Å²) in [7, 11) is 0. The lowest BCUT2D eigenvalue weighted by molar-refractivity contribution is 0.0962. The fourth-order valence-electron chi connectivity index (χ4n) is 1.78. The predicted octanol–water partition coefficient (Wildman–Crippen LogP) is 1.78. The van der Waals surface area contributed by atoms with Gasteiger partial charge in [-0.1, -0.05) is 0 Å². The van der Waals surface area contributed by atoms with Gasteiger partial charge in [0.05, 0.1) is 11.6 Å². The molecule has 0 aromatic heterocycles. The monoisotopic (exact) mass is 233 g/mol. The number of hydrogen-bond donors (Lipinski definition) is 2. The Morgan fingerprint density at radius 1 is 1.53 bits per heavy atom. The van der Waals surface area contributed by atoms with Gasteiger partial charge in [-0.05, 0) is 31.5 Å². The molecule has 17 heavy (non-hydrogen) atoms. The highest BCUT2D eigenvalue weighted by Gasteiger charge is 2.25. The number of fused-ring (bicyclic) bond motifs is 1. The molecule has 0 spiro atoms. The zero-order valence-electron chi connectivity index (χ0n) is 9.60. The lowest BCUT2D eigenvalue weighted by Gasteiger charge is -2.19. The maximum atomic E-state index is 13.7. The minimum absolute atomic E-state index is 0.102. The van der Waals surface area contributed by atoms with Gasteiger partial charge in [-0.25, -0.2) is 4.39 Å². The van der Waals surface area contributed by atoms with Gasteiger partial charge in [-0.2, -0.15) is 5.26 Å². The van der Waals surface area contributed by atoms with Crippen molar-refractivity contribution in [2.45, 2.75) is 25.9 Å². The topological polar surface area (TPSA) is 64.9 Å². The number of carbonyl (C=O) groups is 1. The molecule has 1 aromatic carbocycles. The molecule has 2 rings (SSSR count). The number of rotatable bonds is 2. The molecule has 0 fully saturated rings. The van der Waals surface area contributed by atoms with Crippen LogP contribution >= 0.6 is 0 Å². The highest BCUT2D eigenvalue weighted by Crippen LogP contribution is 2.25. The fourth-order valence-corrected chi connectivity index (χ4v) is 1.78. The number of nitrogens with zero attached hydrogens (tertiary/aromatic N) is 1. The van der Waals surface area contributed by atoms with Crippen molar-refractivity contribution in [2.75, 3.05) is 5.32 Å². The fraction of sp³-hybridized carbons (Fsp3) is 0.333. The van der Waals surface area contributed by atoms with E-state index in [9.17, 15) is 9.18 Å². The third kappa shape index (κ3) is 2.07. The van der Waals surface area contributed by atoms with Crippen LogP contribution in [0.2, 0.25) is 0 Å². The van der Waals surface area contributed by atoms with Crippen LogP contribution < -0.4 is 10.6 Å². The Balaban J connectivity index is 2.38. The first kappa shape index (κ1) is 11.4. The van der Waals surface area contributed by atoms with E-state index in [1.807, 2.05) is 0 Å². The highest BCUT2D eigenvalue weighted by atomic mass is 19.1. The highest BCUT2D eigenvalue weighted by molar-refractivity contribution is 5.99. The van der Waals surface area contributed by atoms with E-state index in [0.717, 1.165) is 0 Å². The zero-order chi connectivity index (χ0) is 12.6. The van der Waals surface area contributed by atoms with E-state index in [-0.39, 0.29) is 11.5 Å². The maximum absolute atomic E-state index is 13.7. The molecule has 5 heteroatoms. The first-order chi connectivity index (χ1) is 7.93. The second-order valence-corrected chi connectivity index (χ2v) is 4.54. The molecule has 1 aliphatic heterocycles. The molecule has 4 nitrogen and oxygen atoms in total. The third-order valence-corrected chi connectivity index (χ3v) is 2.57. The number of benzene rings is 1. The third-order valence-electron chi connectivity index (χ3n) is 2.57. The van der Waals surface area contributed by atoms with Crippen molar-refractivity contribution in [1.82, 2.24) is 5.32 Å². The van der Waals surface area contributed by atoms with Gasteiger partial charge in [0.25, 0.3) is 5.91 Å². The summed E-state index contributed by atoms with van der Waals surface area (Å²) in [6.07, 6.45) is 0. The Labute approximate surface area is 98.4 Å². The summed E-state index contributed by atoms with van der Waals surface area (Å²) in [6.45, 7) is 3.72. The average molecular weight is 233 g/mol. The maximum Gasteiger partial charge on any atom is 0.254 e. The molecule has 1 aliphatic rings. The Morgan fingerprint density at radius 3 is 2.88 bits per heavy atom. The number of hydrogen-bond acceptors (Lipinski definition) is 3. The van der Waals surface area contributed by atoms with Crippen molar-refractivity contribution >= 4 is 11.6 Å². The molecule has 0 unspecified atom stereocenters. The molecule has 0 atom stereocenters. The van der Waals surface area contributed by atoms with Crippen LogP contribution in [0.3, 0.4) is 0 Å². The second-order valence-electron chi connectivity index (χ2n) is 4.54. The van der Waals surface area contributed by atoms with Crippen LogP contribution in [-0.2, 0) is 6.54 Å². The van der Waals surface area contributed by atoms with E-state index in [1.165, 1.54) is 6.07 Å². The summed E-state index contributed by atoms with van der Waals surface area (Å²) < 4.78 is 13.7. The molecular formula is C12H12FN3O. The van der Waals surface area contributed by atoms with Crippen molar-refractivity contribution in [1.29, 1.82) is 5.26 Å². The molecule has 0 saturated heterocycles. The minimum atomic E-state index is -0.781. The van der Waals surface area contributed by atoms with Gasteiger partial charge in [0.1, 0.15) is 11.4 Å². The van der Waals surface area contributed by atoms with Gasteiger partial charge in [-0.3, -0.25) is 4.79 Å². The largest absolute Gasteiger partial charge is 0.368 e. The quantitative estimate of drug-likeness (QED) is 0.818. The number of halogens is 1. The van der Waals surface area contributed by atoms with E-state index >= 15 is 0 Å². The lowest BCUT2D eigenvalue weighted by atomic mass is 10.0. The Kier molecular flexibility index (Phi) is 2.50. The number of nitrogens with one attached hydrogen (secondary N) is 2. The van der Waals surface area contributed by atoms with Crippen LogP contribution in [0.4, 0.5) is 10.1 Å². The first-order valence-electron chi connectivity index (χ1n) is 5.23. The summed E-state index contributed by atoms with van der Waals surface area (Å²) in [5.74, 6) is -0.947. The number of carbonyl (C=O) groups excluding carboxylic acids is 1. The Hall–Kier alpha value is -2.09. The SMILES string of the molecule is CC(C)(C#N)Nc1cc(F)c2c(c1)CNC2=O. The number of amides is 1. The lowest BCUT2D eigenvalue weighted by Crippen LogP contribution is -2.28. The summed E-state index contributed by atoms with van der Waals surface area (Å²) in [5, 5.41) is 14.4. The van der Waals surface area contributed by atoms with E-state index in [4.69, 9.17) is 5.26 Å². The van der Waals surface area contributed by atoms with Crippen LogP contribution in [0.1, 0.15) is 29.8 Å². The minimum Gasteiger partial charge on any atom is -0.368 e. The summed E-state index contributed by atoms with van der Waals surface area (Å²) in [5.41, 5.74) is 0.442. The van der Waals surface area contributed by atoms with Crippen LogP contribution in [0.5, 0.6) is 0 Å².